The fourth-order valence-corrected chi connectivity index (χ4v) is 6.05. The van der Waals surface area contributed by atoms with Gasteiger partial charge in [-0.25, -0.2) is 0 Å². The van der Waals surface area contributed by atoms with Crippen molar-refractivity contribution in [1.29, 1.82) is 0 Å². The highest BCUT2D eigenvalue weighted by molar-refractivity contribution is 8.00. The zero-order valence-corrected chi connectivity index (χ0v) is 15.9. The molecule has 1 fully saturated rings. The van der Waals surface area contributed by atoms with Crippen molar-refractivity contribution < 1.29 is 9.53 Å². The number of fused-ring (bicyclic) bond motifs is 1. The third kappa shape index (κ3) is 3.18. The third-order valence-electron chi connectivity index (χ3n) is 4.92. The number of amides is 1. The van der Waals surface area contributed by atoms with Crippen LogP contribution in [-0.2, 0) is 11.2 Å². The molecule has 25 heavy (non-hydrogen) atoms. The maximum absolute atomic E-state index is 13.4. The molecule has 4 rings (SSSR count). The smallest absolute Gasteiger partial charge is 0.240 e. The van der Waals surface area contributed by atoms with E-state index in [1.807, 2.05) is 18.2 Å². The van der Waals surface area contributed by atoms with Crippen LogP contribution in [0, 0.1) is 0 Å². The van der Waals surface area contributed by atoms with Crippen molar-refractivity contribution >= 4 is 29.0 Å². The number of nitrogens with one attached hydrogen (secondary N) is 1. The minimum atomic E-state index is -0.0645. The van der Waals surface area contributed by atoms with Gasteiger partial charge in [0.05, 0.1) is 13.2 Å². The molecule has 1 aromatic carbocycles. The lowest BCUT2D eigenvalue weighted by molar-refractivity contribution is -0.134. The number of carbonyl (C=O) groups excluding carboxylic acids is 1. The molecule has 1 saturated heterocycles. The molecule has 2 atom stereocenters. The van der Waals surface area contributed by atoms with Gasteiger partial charge in [-0.05, 0) is 35.2 Å². The molecular weight excluding hydrogens is 352 g/mol. The average Bonchev–Trinajstić information content (AvgIpc) is 3.16. The van der Waals surface area contributed by atoms with Gasteiger partial charge in [0.15, 0.2) is 0 Å². The van der Waals surface area contributed by atoms with Gasteiger partial charge in [0, 0.05) is 30.1 Å². The first-order valence-corrected chi connectivity index (χ1v) is 10.5. The van der Waals surface area contributed by atoms with E-state index in [0.29, 0.717) is 0 Å². The molecule has 4 nitrogen and oxygen atoms in total. The predicted octanol–water partition coefficient (Wildman–Crippen LogP) is 3.26. The van der Waals surface area contributed by atoms with Crippen molar-refractivity contribution in [3.8, 4) is 5.75 Å². The number of para-hydroxylation sites is 1. The van der Waals surface area contributed by atoms with Crippen molar-refractivity contribution in [2.24, 2.45) is 0 Å². The zero-order valence-electron chi connectivity index (χ0n) is 14.2. The van der Waals surface area contributed by atoms with Gasteiger partial charge in [0.25, 0.3) is 0 Å². The molecule has 3 heterocycles. The van der Waals surface area contributed by atoms with Crippen LogP contribution < -0.4 is 10.1 Å². The van der Waals surface area contributed by atoms with Gasteiger partial charge in [-0.3, -0.25) is 4.79 Å². The largest absolute Gasteiger partial charge is 0.496 e. The van der Waals surface area contributed by atoms with Crippen LogP contribution in [0.15, 0.2) is 35.7 Å². The molecule has 1 aromatic heterocycles. The number of thioether (sulfide) groups is 1. The zero-order chi connectivity index (χ0) is 17.2. The van der Waals surface area contributed by atoms with E-state index >= 15 is 0 Å². The fourth-order valence-electron chi connectivity index (χ4n) is 3.69. The van der Waals surface area contributed by atoms with E-state index in [1.165, 1.54) is 10.4 Å². The van der Waals surface area contributed by atoms with E-state index in [2.05, 4.69) is 27.7 Å². The van der Waals surface area contributed by atoms with Gasteiger partial charge in [0.2, 0.25) is 5.91 Å². The Hall–Kier alpha value is -1.50. The Morgan fingerprint density at radius 2 is 2.16 bits per heavy atom. The van der Waals surface area contributed by atoms with E-state index in [1.54, 1.807) is 30.2 Å². The summed E-state index contributed by atoms with van der Waals surface area (Å²) >= 11 is 3.56. The molecule has 6 heteroatoms. The maximum atomic E-state index is 13.4. The Morgan fingerprint density at radius 3 is 3.04 bits per heavy atom. The first-order valence-electron chi connectivity index (χ1n) is 8.61. The summed E-state index contributed by atoms with van der Waals surface area (Å²) in [5.41, 5.74) is 2.31. The summed E-state index contributed by atoms with van der Waals surface area (Å²) in [6.45, 7) is 2.34. The number of aryl methyl sites for hydroxylation is 1. The highest BCUT2D eigenvalue weighted by Crippen LogP contribution is 2.42. The second-order valence-electron chi connectivity index (χ2n) is 6.29. The molecule has 0 radical (unpaired) electrons. The Balaban J connectivity index is 1.65. The normalized spacial score (nSPS) is 23.2. The molecule has 2 aromatic rings. The Bertz CT molecular complexity index is 761. The lowest BCUT2D eigenvalue weighted by Crippen LogP contribution is -2.50. The monoisotopic (exact) mass is 374 g/mol. The fraction of sp³-hybridized carbons (Fsp3) is 0.421. The minimum Gasteiger partial charge on any atom is -0.496 e. The molecule has 1 amide bonds. The van der Waals surface area contributed by atoms with Gasteiger partial charge >= 0.3 is 0 Å². The molecule has 0 bridgehead atoms. The lowest BCUT2D eigenvalue weighted by Gasteiger charge is -2.39. The highest BCUT2D eigenvalue weighted by Gasteiger charge is 2.36. The van der Waals surface area contributed by atoms with Crippen molar-refractivity contribution in [3.05, 3.63) is 51.7 Å². The van der Waals surface area contributed by atoms with Crippen molar-refractivity contribution in [2.45, 2.75) is 17.7 Å². The Labute approximate surface area is 156 Å². The highest BCUT2D eigenvalue weighted by atomic mass is 32.2. The van der Waals surface area contributed by atoms with Gasteiger partial charge in [-0.15, -0.1) is 23.1 Å². The van der Waals surface area contributed by atoms with Crippen LogP contribution in [0.3, 0.4) is 0 Å². The predicted molar refractivity (Wildman–Crippen MR) is 104 cm³/mol. The SMILES string of the molecule is COc1ccccc1C1CNCCN1C(=O)C1SCCc2sccc21. The number of nitrogens with zero attached hydrogens (tertiary/aromatic N) is 1. The van der Waals surface area contributed by atoms with Crippen molar-refractivity contribution in [2.75, 3.05) is 32.5 Å². The average molecular weight is 375 g/mol. The van der Waals surface area contributed by atoms with Gasteiger partial charge in [-0.1, -0.05) is 18.2 Å². The van der Waals surface area contributed by atoms with Crippen LogP contribution in [0.4, 0.5) is 0 Å². The van der Waals surface area contributed by atoms with Crippen molar-refractivity contribution in [1.82, 2.24) is 10.2 Å². The molecule has 2 aliphatic rings. The molecular formula is C19H22N2O2S2. The Kier molecular flexibility index (Phi) is 5.01. The first kappa shape index (κ1) is 16.9. The number of rotatable bonds is 3. The summed E-state index contributed by atoms with van der Waals surface area (Å²) in [6.07, 6.45) is 1.08. The quantitative estimate of drug-likeness (QED) is 0.895. The molecule has 2 aliphatic heterocycles. The summed E-state index contributed by atoms with van der Waals surface area (Å²) in [6, 6.07) is 10.2. The van der Waals surface area contributed by atoms with Crippen LogP contribution >= 0.6 is 23.1 Å². The summed E-state index contributed by atoms with van der Waals surface area (Å²) in [4.78, 5) is 16.9. The number of piperazine rings is 1. The summed E-state index contributed by atoms with van der Waals surface area (Å²) in [7, 11) is 1.69. The van der Waals surface area contributed by atoms with E-state index in [-0.39, 0.29) is 17.2 Å². The van der Waals surface area contributed by atoms with E-state index in [9.17, 15) is 4.79 Å². The molecule has 1 N–H and O–H groups in total. The molecule has 0 saturated carbocycles. The second kappa shape index (κ2) is 7.40. The summed E-state index contributed by atoms with van der Waals surface area (Å²) in [5, 5.41) is 5.49. The molecule has 0 aliphatic carbocycles. The maximum Gasteiger partial charge on any atom is 0.240 e. The summed E-state index contributed by atoms with van der Waals surface area (Å²) < 4.78 is 5.55. The molecule has 0 spiro atoms. The van der Waals surface area contributed by atoms with Gasteiger partial charge < -0.3 is 15.0 Å². The van der Waals surface area contributed by atoms with Crippen molar-refractivity contribution in [3.63, 3.8) is 0 Å². The minimum absolute atomic E-state index is 0.0158. The molecule has 132 valence electrons. The van der Waals surface area contributed by atoms with Crippen LogP contribution in [0.25, 0.3) is 0 Å². The number of ether oxygens (including phenoxy) is 1. The second-order valence-corrected chi connectivity index (χ2v) is 8.51. The Morgan fingerprint density at radius 1 is 1.28 bits per heavy atom. The number of hydrogen-bond donors (Lipinski definition) is 1. The summed E-state index contributed by atoms with van der Waals surface area (Å²) in [5.74, 6) is 2.11. The van der Waals surface area contributed by atoms with Gasteiger partial charge in [0.1, 0.15) is 11.0 Å². The molecule has 2 unspecified atom stereocenters. The van der Waals surface area contributed by atoms with E-state index in [0.717, 1.165) is 43.1 Å². The van der Waals surface area contributed by atoms with Crippen LogP contribution in [0.2, 0.25) is 0 Å². The third-order valence-corrected chi connectivity index (χ3v) is 7.15. The van der Waals surface area contributed by atoms with E-state index < -0.39 is 0 Å². The number of methoxy groups -OCH3 is 1. The van der Waals surface area contributed by atoms with Crippen LogP contribution in [0.1, 0.15) is 27.3 Å². The topological polar surface area (TPSA) is 41.6 Å². The van der Waals surface area contributed by atoms with Gasteiger partial charge in [-0.2, -0.15) is 0 Å². The lowest BCUT2D eigenvalue weighted by atomic mass is 10.0. The van der Waals surface area contributed by atoms with E-state index in [4.69, 9.17) is 4.74 Å². The van der Waals surface area contributed by atoms with Crippen LogP contribution in [-0.4, -0.2) is 43.3 Å². The number of carbonyl (C=O) groups is 1. The number of benzene rings is 1. The number of thiophene rings is 1. The number of hydrogen-bond acceptors (Lipinski definition) is 5. The van der Waals surface area contributed by atoms with Crippen LogP contribution in [0.5, 0.6) is 5.75 Å². The standard InChI is InChI=1S/C19H22N2O2S2/c1-23-16-5-3-2-4-13(16)15-12-20-8-9-21(15)19(22)18-14-6-10-24-17(14)7-11-25-18/h2-6,10,15,18,20H,7-9,11-12H2,1H3. The first-order chi connectivity index (χ1) is 12.3.